The molecule has 2 amide bonds. The molecule has 5 nitrogen and oxygen atoms in total. The highest BCUT2D eigenvalue weighted by Gasteiger charge is 2.41. The Morgan fingerprint density at radius 2 is 2.15 bits per heavy atom. The molecule has 27 heavy (non-hydrogen) atoms. The van der Waals surface area contributed by atoms with Crippen LogP contribution in [0.25, 0.3) is 0 Å². The molecular formula is C22H34N2O3. The van der Waals surface area contributed by atoms with Crippen LogP contribution in [0.4, 0.5) is 4.79 Å². The van der Waals surface area contributed by atoms with Gasteiger partial charge in [0, 0.05) is 30.7 Å². The number of urea groups is 1. The molecule has 2 fully saturated rings. The number of para-hydroxylation sites is 1. The zero-order valence-electron chi connectivity index (χ0n) is 17.0. The zero-order chi connectivity index (χ0) is 19.3. The van der Waals surface area contributed by atoms with Crippen molar-refractivity contribution in [3.05, 3.63) is 29.8 Å². The summed E-state index contributed by atoms with van der Waals surface area (Å²) < 4.78 is 11.5. The fraction of sp³-hybridized carbons (Fsp3) is 0.682. The van der Waals surface area contributed by atoms with Crippen molar-refractivity contribution in [3.8, 4) is 5.75 Å². The molecule has 1 spiro atoms. The van der Waals surface area contributed by atoms with Gasteiger partial charge in [-0.1, -0.05) is 32.0 Å². The third kappa shape index (κ3) is 4.95. The molecular weight excluding hydrogens is 340 g/mol. The van der Waals surface area contributed by atoms with Crippen molar-refractivity contribution in [3.63, 3.8) is 0 Å². The van der Waals surface area contributed by atoms with Gasteiger partial charge in [-0.25, -0.2) is 4.79 Å². The van der Waals surface area contributed by atoms with Gasteiger partial charge in [0.1, 0.15) is 5.75 Å². The third-order valence-corrected chi connectivity index (χ3v) is 5.73. The predicted molar refractivity (Wildman–Crippen MR) is 107 cm³/mol. The van der Waals surface area contributed by atoms with Crippen LogP contribution in [0, 0.1) is 11.3 Å². The van der Waals surface area contributed by atoms with Crippen molar-refractivity contribution >= 4 is 6.03 Å². The number of rotatable bonds is 6. The van der Waals surface area contributed by atoms with Crippen LogP contribution >= 0.6 is 0 Å². The summed E-state index contributed by atoms with van der Waals surface area (Å²) in [6.07, 6.45) is 4.20. The van der Waals surface area contributed by atoms with Gasteiger partial charge >= 0.3 is 6.03 Å². The number of hydrogen-bond donors (Lipinski definition) is 1. The molecule has 2 unspecified atom stereocenters. The standard InChI is InChI=1S/C22H34N2O3/c1-4-27-20-9-6-5-8-18(20)19(14-17(2)3)23-21(25)24-12-11-22(15-24)10-7-13-26-16-22/h5-6,8-9,17,19H,4,7,10-16H2,1-3H3,(H,23,25). The average Bonchev–Trinajstić information content (AvgIpc) is 3.05. The van der Waals surface area contributed by atoms with E-state index >= 15 is 0 Å². The largest absolute Gasteiger partial charge is 0.494 e. The molecule has 0 saturated carbocycles. The van der Waals surface area contributed by atoms with Crippen LogP contribution in [0.1, 0.15) is 58.1 Å². The fourth-order valence-electron chi connectivity index (χ4n) is 4.37. The number of carbonyl (C=O) groups excluding carboxylic acids is 1. The highest BCUT2D eigenvalue weighted by molar-refractivity contribution is 5.75. The van der Waals surface area contributed by atoms with Gasteiger partial charge in [-0.3, -0.25) is 0 Å². The molecule has 3 rings (SSSR count). The Balaban J connectivity index is 1.70. The number of ether oxygens (including phenoxy) is 2. The summed E-state index contributed by atoms with van der Waals surface area (Å²) in [4.78, 5) is 15.0. The molecule has 1 aromatic rings. The van der Waals surface area contributed by atoms with Crippen LogP contribution in [0.5, 0.6) is 5.75 Å². The first-order valence-electron chi connectivity index (χ1n) is 10.4. The molecule has 1 N–H and O–H groups in total. The maximum Gasteiger partial charge on any atom is 0.317 e. The Hall–Kier alpha value is -1.75. The molecule has 2 heterocycles. The summed E-state index contributed by atoms with van der Waals surface area (Å²) in [5, 5.41) is 3.29. The molecule has 0 bridgehead atoms. The lowest BCUT2D eigenvalue weighted by atomic mass is 9.82. The summed E-state index contributed by atoms with van der Waals surface area (Å²) in [7, 11) is 0. The Bertz CT molecular complexity index is 626. The number of nitrogens with one attached hydrogen (secondary N) is 1. The Morgan fingerprint density at radius 1 is 1.33 bits per heavy atom. The summed E-state index contributed by atoms with van der Waals surface area (Å²) >= 11 is 0. The molecule has 2 saturated heterocycles. The molecule has 150 valence electrons. The van der Waals surface area contributed by atoms with Crippen molar-refractivity contribution in [2.24, 2.45) is 11.3 Å². The molecule has 0 aromatic heterocycles. The van der Waals surface area contributed by atoms with Gasteiger partial charge in [-0.15, -0.1) is 0 Å². The van der Waals surface area contributed by atoms with Gasteiger partial charge < -0.3 is 19.7 Å². The summed E-state index contributed by atoms with van der Waals surface area (Å²) in [5.74, 6) is 1.34. The normalized spacial score (nSPS) is 23.6. The molecule has 5 heteroatoms. The lowest BCUT2D eigenvalue weighted by Crippen LogP contribution is -2.43. The SMILES string of the molecule is CCOc1ccccc1C(CC(C)C)NC(=O)N1CCC2(CCCOC2)C1. The molecule has 2 aliphatic heterocycles. The third-order valence-electron chi connectivity index (χ3n) is 5.73. The lowest BCUT2D eigenvalue weighted by molar-refractivity contribution is -0.000487. The van der Waals surface area contributed by atoms with Crippen LogP contribution < -0.4 is 10.1 Å². The molecule has 2 atom stereocenters. The summed E-state index contributed by atoms with van der Waals surface area (Å²) in [6.45, 7) is 10.3. The van der Waals surface area contributed by atoms with Gasteiger partial charge in [0.25, 0.3) is 0 Å². The fourth-order valence-corrected chi connectivity index (χ4v) is 4.37. The van der Waals surface area contributed by atoms with Crippen LogP contribution in [-0.4, -0.2) is 43.8 Å². The maximum absolute atomic E-state index is 13.0. The van der Waals surface area contributed by atoms with E-state index in [2.05, 4.69) is 25.2 Å². The lowest BCUT2D eigenvalue weighted by Gasteiger charge is -2.33. The van der Waals surface area contributed by atoms with E-state index in [0.717, 1.165) is 56.9 Å². The topological polar surface area (TPSA) is 50.8 Å². The monoisotopic (exact) mass is 374 g/mol. The van der Waals surface area contributed by atoms with Crippen molar-refractivity contribution in [2.45, 2.75) is 52.5 Å². The van der Waals surface area contributed by atoms with E-state index in [1.165, 1.54) is 6.42 Å². The number of benzene rings is 1. The van der Waals surface area contributed by atoms with Gasteiger partial charge in [-0.05, 0) is 44.6 Å². The predicted octanol–water partition coefficient (Wildman–Crippen LogP) is 4.38. The Labute approximate surface area is 163 Å². The minimum Gasteiger partial charge on any atom is -0.494 e. The highest BCUT2D eigenvalue weighted by atomic mass is 16.5. The quantitative estimate of drug-likeness (QED) is 0.804. The van der Waals surface area contributed by atoms with Crippen molar-refractivity contribution < 1.29 is 14.3 Å². The number of hydrogen-bond acceptors (Lipinski definition) is 3. The smallest absolute Gasteiger partial charge is 0.317 e. The van der Waals surface area contributed by atoms with E-state index in [1.807, 2.05) is 30.0 Å². The van der Waals surface area contributed by atoms with Gasteiger partial charge in [-0.2, -0.15) is 0 Å². The number of likely N-dealkylation sites (tertiary alicyclic amines) is 1. The van der Waals surface area contributed by atoms with Crippen LogP contribution in [0.2, 0.25) is 0 Å². The van der Waals surface area contributed by atoms with Gasteiger partial charge in [0.2, 0.25) is 0 Å². The average molecular weight is 375 g/mol. The van der Waals surface area contributed by atoms with E-state index in [9.17, 15) is 4.79 Å². The molecule has 1 aromatic carbocycles. The minimum absolute atomic E-state index is 0.0365. The number of amides is 2. The second kappa shape index (κ2) is 8.96. The van der Waals surface area contributed by atoms with E-state index in [0.29, 0.717) is 12.5 Å². The zero-order valence-corrected chi connectivity index (χ0v) is 17.0. The van der Waals surface area contributed by atoms with Crippen molar-refractivity contribution in [1.82, 2.24) is 10.2 Å². The van der Waals surface area contributed by atoms with Crippen LogP contribution in [0.15, 0.2) is 24.3 Å². The van der Waals surface area contributed by atoms with Crippen LogP contribution in [0.3, 0.4) is 0 Å². The highest BCUT2D eigenvalue weighted by Crippen LogP contribution is 2.38. The van der Waals surface area contributed by atoms with E-state index in [1.54, 1.807) is 0 Å². The summed E-state index contributed by atoms with van der Waals surface area (Å²) in [6, 6.07) is 8.05. The second-order valence-corrected chi connectivity index (χ2v) is 8.43. The Morgan fingerprint density at radius 3 is 2.85 bits per heavy atom. The van der Waals surface area contributed by atoms with Gasteiger partial charge in [0.05, 0.1) is 19.3 Å². The number of carbonyl (C=O) groups is 1. The molecule has 0 aliphatic carbocycles. The molecule has 2 aliphatic rings. The van der Waals surface area contributed by atoms with E-state index in [-0.39, 0.29) is 17.5 Å². The van der Waals surface area contributed by atoms with Crippen molar-refractivity contribution in [1.29, 1.82) is 0 Å². The minimum atomic E-state index is -0.0422. The molecule has 0 radical (unpaired) electrons. The second-order valence-electron chi connectivity index (χ2n) is 8.43. The number of nitrogens with zero attached hydrogens (tertiary/aromatic N) is 1. The summed E-state index contributed by atoms with van der Waals surface area (Å²) in [5.41, 5.74) is 1.24. The first kappa shape index (κ1) is 20.0. The van der Waals surface area contributed by atoms with Crippen LogP contribution in [-0.2, 0) is 4.74 Å². The van der Waals surface area contributed by atoms with Gasteiger partial charge in [0.15, 0.2) is 0 Å². The maximum atomic E-state index is 13.0. The van der Waals surface area contributed by atoms with E-state index in [4.69, 9.17) is 9.47 Å². The first-order chi connectivity index (χ1) is 13.0. The first-order valence-corrected chi connectivity index (χ1v) is 10.4. The van der Waals surface area contributed by atoms with Crippen molar-refractivity contribution in [2.75, 3.05) is 32.9 Å². The van der Waals surface area contributed by atoms with E-state index < -0.39 is 0 Å². The Kier molecular flexibility index (Phi) is 6.64.